The van der Waals surface area contributed by atoms with Gasteiger partial charge in [0.2, 0.25) is 0 Å². The number of aromatic nitrogens is 2. The van der Waals surface area contributed by atoms with E-state index in [2.05, 4.69) is 9.88 Å². The number of hydrogen-bond donors (Lipinski definition) is 1. The first kappa shape index (κ1) is 19.1. The molecule has 0 unspecified atom stereocenters. The number of H-pyrrole nitrogens is 1. The van der Waals surface area contributed by atoms with E-state index in [0.29, 0.717) is 23.4 Å². The van der Waals surface area contributed by atoms with Crippen LogP contribution >= 0.6 is 0 Å². The fourth-order valence-corrected chi connectivity index (χ4v) is 5.42. The van der Waals surface area contributed by atoms with Crippen LogP contribution in [0, 0.1) is 17.7 Å². The maximum Gasteiger partial charge on any atom is 0.328 e. The minimum Gasteiger partial charge on any atom is -0.371 e. The maximum atomic E-state index is 13.5. The van der Waals surface area contributed by atoms with Crippen LogP contribution in [0.2, 0.25) is 0 Å². The first-order chi connectivity index (χ1) is 14.5. The fourth-order valence-electron chi connectivity index (χ4n) is 5.42. The van der Waals surface area contributed by atoms with E-state index in [4.69, 9.17) is 0 Å². The van der Waals surface area contributed by atoms with E-state index in [0.717, 1.165) is 42.2 Å². The molecule has 3 aromatic rings. The second-order valence-electron chi connectivity index (χ2n) is 8.59. The van der Waals surface area contributed by atoms with Crippen LogP contribution in [0.25, 0.3) is 22.0 Å². The molecule has 1 aliphatic carbocycles. The topological polar surface area (TPSA) is 58.1 Å². The van der Waals surface area contributed by atoms with Crippen molar-refractivity contribution in [2.75, 3.05) is 18.0 Å². The van der Waals surface area contributed by atoms with Gasteiger partial charge in [0.1, 0.15) is 5.82 Å². The molecule has 5 nitrogen and oxygen atoms in total. The zero-order valence-electron chi connectivity index (χ0n) is 17.2. The van der Waals surface area contributed by atoms with Crippen molar-refractivity contribution < 1.29 is 4.39 Å². The Morgan fingerprint density at radius 2 is 1.80 bits per heavy atom. The third-order valence-corrected chi connectivity index (χ3v) is 6.96. The Morgan fingerprint density at radius 1 is 1.03 bits per heavy atom. The van der Waals surface area contributed by atoms with Gasteiger partial charge in [-0.15, -0.1) is 0 Å². The summed E-state index contributed by atoms with van der Waals surface area (Å²) < 4.78 is 15.1. The molecule has 156 valence electrons. The Bertz CT molecular complexity index is 1210. The zero-order chi connectivity index (χ0) is 20.8. The molecule has 2 aromatic carbocycles. The number of benzene rings is 2. The summed E-state index contributed by atoms with van der Waals surface area (Å²) >= 11 is 0. The highest BCUT2D eigenvalue weighted by Gasteiger charge is 2.33. The summed E-state index contributed by atoms with van der Waals surface area (Å²) in [7, 11) is 0. The molecule has 2 aliphatic rings. The summed E-state index contributed by atoms with van der Waals surface area (Å²) in [5, 5.41) is 0.568. The molecule has 1 aliphatic heterocycles. The lowest BCUT2D eigenvalue weighted by molar-refractivity contribution is 0.324. The summed E-state index contributed by atoms with van der Waals surface area (Å²) in [5.74, 6) is 1.17. The molecule has 1 saturated heterocycles. The number of fused-ring (bicyclic) bond motifs is 2. The smallest absolute Gasteiger partial charge is 0.328 e. The highest BCUT2D eigenvalue weighted by Crippen LogP contribution is 2.41. The lowest BCUT2D eigenvalue weighted by Crippen LogP contribution is -2.39. The highest BCUT2D eigenvalue weighted by molar-refractivity contribution is 5.95. The zero-order valence-corrected chi connectivity index (χ0v) is 17.2. The molecule has 1 aromatic heterocycles. The average molecular weight is 407 g/mol. The number of aryl methyl sites for hydroxylation is 1. The number of nitrogens with one attached hydrogen (secondary N) is 1. The predicted molar refractivity (Wildman–Crippen MR) is 118 cm³/mol. The standard InChI is InChI=1S/C24H26FN3O2/c1-2-28-21-13-18(16-6-8-19(25)9-7-16)12-20(22(21)23(29)26-24(28)30)27-11-10-15-4-3-5-17(15)14-27/h6-9,12-13,15,17H,2-5,10-11,14H2,1H3,(H,26,29,30)/t15-,17+/m1/s1. The van der Waals surface area contributed by atoms with Crippen molar-refractivity contribution in [2.45, 2.75) is 39.2 Å². The minimum atomic E-state index is -0.397. The van der Waals surface area contributed by atoms with Gasteiger partial charge in [0.15, 0.2) is 0 Å². The van der Waals surface area contributed by atoms with E-state index in [9.17, 15) is 14.0 Å². The van der Waals surface area contributed by atoms with Gasteiger partial charge in [-0.25, -0.2) is 9.18 Å². The Hall–Kier alpha value is -2.89. The van der Waals surface area contributed by atoms with E-state index in [1.54, 1.807) is 16.7 Å². The molecule has 5 rings (SSSR count). The van der Waals surface area contributed by atoms with Gasteiger partial charge in [0.05, 0.1) is 16.6 Å². The second-order valence-corrected chi connectivity index (χ2v) is 8.59. The summed E-state index contributed by atoms with van der Waals surface area (Å²) in [6, 6.07) is 10.3. The van der Waals surface area contributed by atoms with Crippen molar-refractivity contribution in [1.29, 1.82) is 0 Å². The van der Waals surface area contributed by atoms with E-state index in [-0.39, 0.29) is 11.4 Å². The SMILES string of the molecule is CCn1c(=O)[nH]c(=O)c2c(N3CC[C@H]4CCC[C@H]4C3)cc(-c3ccc(F)cc3)cc21. The number of halogens is 1. The monoisotopic (exact) mass is 407 g/mol. The summed E-state index contributed by atoms with van der Waals surface area (Å²) in [6.07, 6.45) is 4.98. The van der Waals surface area contributed by atoms with Crippen molar-refractivity contribution in [1.82, 2.24) is 9.55 Å². The normalized spacial score (nSPS) is 21.2. The minimum absolute atomic E-state index is 0.287. The number of rotatable bonds is 3. The van der Waals surface area contributed by atoms with Crippen LogP contribution in [0.1, 0.15) is 32.6 Å². The Balaban J connectivity index is 1.74. The number of anilines is 1. The number of aromatic amines is 1. The largest absolute Gasteiger partial charge is 0.371 e. The summed E-state index contributed by atoms with van der Waals surface area (Å²) in [4.78, 5) is 30.2. The number of piperidine rings is 1. The molecule has 1 saturated carbocycles. The van der Waals surface area contributed by atoms with E-state index < -0.39 is 5.69 Å². The quantitative estimate of drug-likeness (QED) is 0.710. The van der Waals surface area contributed by atoms with Gasteiger partial charge in [-0.2, -0.15) is 0 Å². The van der Waals surface area contributed by atoms with Crippen molar-refractivity contribution in [3.05, 3.63) is 63.1 Å². The third kappa shape index (κ3) is 3.15. The lowest BCUT2D eigenvalue weighted by atomic mass is 9.88. The molecular formula is C24H26FN3O2. The lowest BCUT2D eigenvalue weighted by Gasteiger charge is -2.37. The molecule has 2 fully saturated rings. The van der Waals surface area contributed by atoms with Crippen molar-refractivity contribution in [3.8, 4) is 11.1 Å². The second kappa shape index (κ2) is 7.42. The Kier molecular flexibility index (Phi) is 4.72. The predicted octanol–water partition coefficient (Wildman–Crippen LogP) is 4.14. The molecule has 0 radical (unpaired) electrons. The van der Waals surface area contributed by atoms with Gasteiger partial charge in [-0.3, -0.25) is 14.3 Å². The Labute approximate surface area is 174 Å². The first-order valence-corrected chi connectivity index (χ1v) is 10.9. The number of nitrogens with zero attached hydrogens (tertiary/aromatic N) is 2. The van der Waals surface area contributed by atoms with Crippen LogP contribution in [-0.2, 0) is 6.54 Å². The molecule has 0 amide bonds. The first-order valence-electron chi connectivity index (χ1n) is 10.9. The van der Waals surface area contributed by atoms with Gasteiger partial charge >= 0.3 is 5.69 Å². The molecule has 30 heavy (non-hydrogen) atoms. The molecule has 2 heterocycles. The van der Waals surface area contributed by atoms with Crippen LogP contribution in [0.5, 0.6) is 0 Å². The fraction of sp³-hybridized carbons (Fsp3) is 0.417. The van der Waals surface area contributed by atoms with E-state index in [1.165, 1.54) is 31.4 Å². The van der Waals surface area contributed by atoms with E-state index in [1.807, 2.05) is 19.1 Å². The molecule has 6 heteroatoms. The van der Waals surface area contributed by atoms with E-state index >= 15 is 0 Å². The van der Waals surface area contributed by atoms with Gasteiger partial charge in [0, 0.05) is 19.6 Å². The Morgan fingerprint density at radius 3 is 2.57 bits per heavy atom. The molecule has 2 atom stereocenters. The van der Waals surface area contributed by atoms with Crippen LogP contribution in [0.15, 0.2) is 46.0 Å². The van der Waals surface area contributed by atoms with Crippen LogP contribution in [0.3, 0.4) is 0 Å². The van der Waals surface area contributed by atoms with Gasteiger partial charge in [-0.1, -0.05) is 25.0 Å². The molecular weight excluding hydrogens is 381 g/mol. The summed E-state index contributed by atoms with van der Waals surface area (Å²) in [5.41, 5.74) is 2.53. The number of hydrogen-bond acceptors (Lipinski definition) is 3. The van der Waals surface area contributed by atoms with Crippen LogP contribution < -0.4 is 16.1 Å². The van der Waals surface area contributed by atoms with Gasteiger partial charge in [0.25, 0.3) is 5.56 Å². The maximum absolute atomic E-state index is 13.5. The van der Waals surface area contributed by atoms with Crippen molar-refractivity contribution >= 4 is 16.6 Å². The highest BCUT2D eigenvalue weighted by atomic mass is 19.1. The van der Waals surface area contributed by atoms with Crippen molar-refractivity contribution in [2.24, 2.45) is 11.8 Å². The molecule has 1 N–H and O–H groups in total. The van der Waals surface area contributed by atoms with Crippen molar-refractivity contribution in [3.63, 3.8) is 0 Å². The van der Waals surface area contributed by atoms with Gasteiger partial charge in [-0.05, 0) is 67.0 Å². The third-order valence-electron chi connectivity index (χ3n) is 6.96. The summed E-state index contributed by atoms with van der Waals surface area (Å²) in [6.45, 7) is 4.21. The molecule has 0 spiro atoms. The van der Waals surface area contributed by atoms with Crippen LogP contribution in [0.4, 0.5) is 10.1 Å². The van der Waals surface area contributed by atoms with Crippen LogP contribution in [-0.4, -0.2) is 22.6 Å². The average Bonchev–Trinajstić information content (AvgIpc) is 3.21. The van der Waals surface area contributed by atoms with Gasteiger partial charge < -0.3 is 4.90 Å². The molecule has 0 bridgehead atoms.